The number of likely N-dealkylation sites (tertiary alicyclic amines) is 1. The normalized spacial score (nSPS) is 13.9. The van der Waals surface area contributed by atoms with Crippen molar-refractivity contribution in [3.05, 3.63) is 24.3 Å². The Kier molecular flexibility index (Phi) is 35.2. The lowest BCUT2D eigenvalue weighted by molar-refractivity contribution is -0.151. The zero-order chi connectivity index (χ0) is 39.9. The number of allylic oxidation sites excluding steroid dienone is 4. The maximum absolute atomic E-state index is 12.7. The van der Waals surface area contributed by atoms with Crippen molar-refractivity contribution in [1.29, 1.82) is 0 Å². The molecule has 1 heterocycles. The molecule has 0 bridgehead atoms. The van der Waals surface area contributed by atoms with Gasteiger partial charge in [0.05, 0.1) is 0 Å². The van der Waals surface area contributed by atoms with Crippen molar-refractivity contribution >= 4 is 22.2 Å². The van der Waals surface area contributed by atoms with Crippen molar-refractivity contribution in [2.24, 2.45) is 0 Å². The highest BCUT2D eigenvalue weighted by molar-refractivity contribution is 7.84. The molecule has 0 atom stereocenters. The van der Waals surface area contributed by atoms with Crippen molar-refractivity contribution in [2.45, 2.75) is 213 Å². The standard InChI is InChI=1S/C45H84N2O7S/c1-3-5-7-9-11-13-15-17-19-21-23-25-27-29-31-35-44(48)52-41-43(54-55(50,51)46-37-40-47-38-33-34-39-47)42-53-45(49)36-32-30-28-26-24-22-20-18-16-14-12-10-8-6-4-2/h17-20,43,46H,3-16,21-42H2,1-2H3/b19-17-,20-18-. The summed E-state index contributed by atoms with van der Waals surface area (Å²) in [6, 6.07) is 0. The van der Waals surface area contributed by atoms with Gasteiger partial charge in [0.1, 0.15) is 19.3 Å². The second-order valence-corrected chi connectivity index (χ2v) is 17.0. The second-order valence-electron chi connectivity index (χ2n) is 15.7. The Morgan fingerprint density at radius 1 is 0.564 bits per heavy atom. The van der Waals surface area contributed by atoms with Crippen LogP contribution in [0, 0.1) is 0 Å². The van der Waals surface area contributed by atoms with Crippen LogP contribution in [0.5, 0.6) is 0 Å². The molecule has 0 saturated carbocycles. The van der Waals surface area contributed by atoms with E-state index in [0.29, 0.717) is 6.54 Å². The number of unbranched alkanes of at least 4 members (excludes halogenated alkanes) is 22. The van der Waals surface area contributed by atoms with Gasteiger partial charge in [0.2, 0.25) is 0 Å². The maximum Gasteiger partial charge on any atom is 0.336 e. The van der Waals surface area contributed by atoms with E-state index < -0.39 is 28.3 Å². The van der Waals surface area contributed by atoms with E-state index >= 15 is 0 Å². The minimum absolute atomic E-state index is 0.222. The van der Waals surface area contributed by atoms with Gasteiger partial charge in [-0.05, 0) is 90.1 Å². The lowest BCUT2D eigenvalue weighted by Crippen LogP contribution is -2.39. The fourth-order valence-corrected chi connectivity index (χ4v) is 7.73. The number of carbonyl (C=O) groups excluding carboxylic acids is 2. The van der Waals surface area contributed by atoms with Crippen molar-refractivity contribution in [3.63, 3.8) is 0 Å². The molecular formula is C45H84N2O7S. The number of esters is 2. The van der Waals surface area contributed by atoms with Crippen molar-refractivity contribution in [3.8, 4) is 0 Å². The van der Waals surface area contributed by atoms with Crippen LogP contribution in [0.15, 0.2) is 24.3 Å². The zero-order valence-electron chi connectivity index (χ0n) is 35.6. The van der Waals surface area contributed by atoms with E-state index in [0.717, 1.165) is 103 Å². The van der Waals surface area contributed by atoms with Crippen LogP contribution in [-0.4, -0.2) is 70.8 Å². The van der Waals surface area contributed by atoms with E-state index in [4.69, 9.17) is 13.7 Å². The topological polar surface area (TPSA) is 111 Å². The summed E-state index contributed by atoms with van der Waals surface area (Å²) in [6.07, 6.45) is 41.6. The first-order valence-corrected chi connectivity index (χ1v) is 24.3. The molecule has 0 aromatic heterocycles. The molecule has 1 aliphatic rings. The minimum Gasteiger partial charge on any atom is -0.463 e. The molecule has 1 aliphatic heterocycles. The van der Waals surface area contributed by atoms with E-state index in [-0.39, 0.29) is 32.6 Å². The van der Waals surface area contributed by atoms with Gasteiger partial charge < -0.3 is 14.4 Å². The summed E-state index contributed by atoms with van der Waals surface area (Å²) >= 11 is 0. The largest absolute Gasteiger partial charge is 0.463 e. The van der Waals surface area contributed by atoms with Gasteiger partial charge in [0.15, 0.2) is 0 Å². The molecule has 10 heteroatoms. The van der Waals surface area contributed by atoms with Gasteiger partial charge in [-0.2, -0.15) is 13.1 Å². The van der Waals surface area contributed by atoms with Crippen LogP contribution in [0.3, 0.4) is 0 Å². The van der Waals surface area contributed by atoms with Gasteiger partial charge in [-0.1, -0.05) is 141 Å². The quantitative estimate of drug-likeness (QED) is 0.0371. The molecule has 0 aliphatic carbocycles. The highest BCUT2D eigenvalue weighted by Gasteiger charge is 2.23. The van der Waals surface area contributed by atoms with E-state index in [2.05, 4.69) is 47.8 Å². The number of nitrogens with zero attached hydrogens (tertiary/aromatic N) is 1. The molecule has 9 nitrogen and oxygen atoms in total. The maximum atomic E-state index is 12.7. The Balaban J connectivity index is 2.27. The van der Waals surface area contributed by atoms with Crippen molar-refractivity contribution in [1.82, 2.24) is 9.62 Å². The number of ether oxygens (including phenoxy) is 2. The van der Waals surface area contributed by atoms with Crippen LogP contribution in [0.2, 0.25) is 0 Å². The molecular weight excluding hydrogens is 713 g/mol. The Labute approximate surface area is 338 Å². The fraction of sp³-hybridized carbons (Fsp3) is 0.867. The molecule has 1 N–H and O–H groups in total. The molecule has 1 rings (SSSR count). The second kappa shape index (κ2) is 37.8. The third kappa shape index (κ3) is 35.2. The SMILES string of the molecule is CCCCCCCC/C=C\CCCCCCCC(=O)OCC(COC(=O)CCCCCCC/C=C\CCCCCCCC)OS(=O)(=O)NCCN1CCCC1. The first kappa shape index (κ1) is 51.3. The van der Waals surface area contributed by atoms with E-state index in [1.807, 2.05) is 0 Å². The van der Waals surface area contributed by atoms with Crippen molar-refractivity contribution < 1.29 is 31.7 Å². The van der Waals surface area contributed by atoms with Gasteiger partial charge in [0, 0.05) is 25.9 Å². The number of carbonyl (C=O) groups is 2. The molecule has 0 spiro atoms. The van der Waals surface area contributed by atoms with Gasteiger partial charge in [-0.15, -0.1) is 0 Å². The van der Waals surface area contributed by atoms with Crippen LogP contribution in [-0.2, 0) is 33.6 Å². The first-order chi connectivity index (χ1) is 26.9. The zero-order valence-corrected chi connectivity index (χ0v) is 36.4. The summed E-state index contributed by atoms with van der Waals surface area (Å²) in [7, 11) is -4.12. The smallest absolute Gasteiger partial charge is 0.336 e. The minimum atomic E-state index is -4.12. The Morgan fingerprint density at radius 3 is 1.33 bits per heavy atom. The summed E-state index contributed by atoms with van der Waals surface area (Å²) in [5, 5.41) is 0. The van der Waals surface area contributed by atoms with Gasteiger partial charge in [0.25, 0.3) is 0 Å². The fourth-order valence-electron chi connectivity index (χ4n) is 6.85. The molecule has 0 radical (unpaired) electrons. The highest BCUT2D eigenvalue weighted by Crippen LogP contribution is 2.13. The lowest BCUT2D eigenvalue weighted by atomic mass is 10.1. The van der Waals surface area contributed by atoms with Crippen LogP contribution in [0.1, 0.15) is 206 Å². The average molecular weight is 797 g/mol. The molecule has 1 fully saturated rings. The summed E-state index contributed by atoms with van der Waals surface area (Å²) in [4.78, 5) is 27.2. The summed E-state index contributed by atoms with van der Waals surface area (Å²) in [5.41, 5.74) is 0. The average Bonchev–Trinajstić information content (AvgIpc) is 3.69. The molecule has 0 amide bonds. The monoisotopic (exact) mass is 797 g/mol. The Hall–Kier alpha value is -1.75. The predicted molar refractivity (Wildman–Crippen MR) is 228 cm³/mol. The van der Waals surface area contributed by atoms with E-state index in [1.165, 1.54) is 89.9 Å². The summed E-state index contributed by atoms with van der Waals surface area (Å²) in [6.45, 7) is 6.66. The lowest BCUT2D eigenvalue weighted by Gasteiger charge is -2.19. The number of hydrogen-bond acceptors (Lipinski definition) is 8. The number of rotatable bonds is 40. The molecule has 55 heavy (non-hydrogen) atoms. The summed E-state index contributed by atoms with van der Waals surface area (Å²) in [5.74, 6) is -0.796. The van der Waals surface area contributed by atoms with Crippen LogP contribution < -0.4 is 4.72 Å². The Bertz CT molecular complexity index is 1000. The van der Waals surface area contributed by atoms with Gasteiger partial charge >= 0.3 is 22.2 Å². The predicted octanol–water partition coefficient (Wildman–Crippen LogP) is 11.5. The molecule has 0 aromatic rings. The highest BCUT2D eigenvalue weighted by atomic mass is 32.2. The molecule has 0 aromatic carbocycles. The summed E-state index contributed by atoms with van der Waals surface area (Å²) < 4.78 is 44.1. The van der Waals surface area contributed by atoms with Crippen LogP contribution in [0.25, 0.3) is 0 Å². The van der Waals surface area contributed by atoms with Crippen LogP contribution in [0.4, 0.5) is 0 Å². The molecule has 322 valence electrons. The van der Waals surface area contributed by atoms with Crippen LogP contribution >= 0.6 is 0 Å². The molecule has 1 saturated heterocycles. The van der Waals surface area contributed by atoms with E-state index in [1.54, 1.807) is 0 Å². The van der Waals surface area contributed by atoms with Crippen molar-refractivity contribution in [2.75, 3.05) is 39.4 Å². The Morgan fingerprint density at radius 2 is 0.927 bits per heavy atom. The third-order valence-corrected chi connectivity index (χ3v) is 11.4. The molecule has 0 unspecified atom stereocenters. The third-order valence-electron chi connectivity index (χ3n) is 10.3. The first-order valence-electron chi connectivity index (χ1n) is 22.9. The van der Waals surface area contributed by atoms with Gasteiger partial charge in [-0.25, -0.2) is 4.18 Å². The number of hydrogen-bond donors (Lipinski definition) is 1. The van der Waals surface area contributed by atoms with Gasteiger partial charge in [-0.3, -0.25) is 9.59 Å². The number of nitrogens with one attached hydrogen (secondary N) is 1. The van der Waals surface area contributed by atoms with E-state index in [9.17, 15) is 18.0 Å².